The zero-order chi connectivity index (χ0) is 35.8. The first-order valence-electron chi connectivity index (χ1n) is 18.7. The Bertz CT molecular complexity index is 970. The molecule has 0 fully saturated rings. The Morgan fingerprint density at radius 3 is 1.85 bits per heavy atom. The highest BCUT2D eigenvalue weighted by molar-refractivity contribution is 7.45. The number of quaternary nitrogens is 1. The van der Waals surface area contributed by atoms with Gasteiger partial charge in [-0.05, 0) is 57.8 Å². The van der Waals surface area contributed by atoms with Crippen LogP contribution in [0.5, 0.6) is 0 Å². The maximum absolute atomic E-state index is 12.7. The fourth-order valence-electron chi connectivity index (χ4n) is 4.73. The molecule has 0 rings (SSSR count). The number of likely N-dealkylation sites (N-methyl/N-ethyl adjacent to an activating group) is 1. The van der Waals surface area contributed by atoms with Crippen LogP contribution >= 0.6 is 7.82 Å². The van der Waals surface area contributed by atoms with Gasteiger partial charge in [-0.15, -0.1) is 0 Å². The molecule has 0 aliphatic carbocycles. The summed E-state index contributed by atoms with van der Waals surface area (Å²) in [5.74, 6) is -0.221. The summed E-state index contributed by atoms with van der Waals surface area (Å²) in [6.07, 6.45) is 38.5. The minimum atomic E-state index is -4.58. The molecule has 278 valence electrons. The molecule has 0 aliphatic rings. The smallest absolute Gasteiger partial charge is 0.268 e. The molecule has 9 heteroatoms. The average Bonchev–Trinajstić information content (AvgIpc) is 3.02. The average molecular weight is 695 g/mol. The third-order valence-corrected chi connectivity index (χ3v) is 8.70. The molecule has 1 amide bonds. The number of nitrogens with one attached hydrogen (secondary N) is 1. The van der Waals surface area contributed by atoms with E-state index < -0.39 is 26.6 Å². The summed E-state index contributed by atoms with van der Waals surface area (Å²) in [5, 5.41) is 13.6. The first-order valence-corrected chi connectivity index (χ1v) is 20.1. The predicted molar refractivity (Wildman–Crippen MR) is 201 cm³/mol. The van der Waals surface area contributed by atoms with E-state index in [1.165, 1.54) is 32.1 Å². The Kier molecular flexibility index (Phi) is 30.0. The number of unbranched alkanes of at least 4 members (excludes halogenated alkanes) is 11. The lowest BCUT2D eigenvalue weighted by molar-refractivity contribution is -0.870. The largest absolute Gasteiger partial charge is 0.756 e. The van der Waals surface area contributed by atoms with E-state index in [0.29, 0.717) is 17.4 Å². The molecule has 2 N–H and O–H groups in total. The summed E-state index contributed by atoms with van der Waals surface area (Å²) in [5.41, 5.74) is 0. The van der Waals surface area contributed by atoms with Gasteiger partial charge in [0.15, 0.2) is 0 Å². The van der Waals surface area contributed by atoms with Crippen LogP contribution in [0.1, 0.15) is 129 Å². The molecule has 0 radical (unpaired) electrons. The summed E-state index contributed by atoms with van der Waals surface area (Å²) < 4.78 is 23.0. The molecule has 8 nitrogen and oxygen atoms in total. The van der Waals surface area contributed by atoms with Gasteiger partial charge in [0.25, 0.3) is 7.82 Å². The monoisotopic (exact) mass is 695 g/mol. The maximum Gasteiger partial charge on any atom is 0.268 e. The van der Waals surface area contributed by atoms with Crippen LogP contribution in [-0.4, -0.2) is 68.5 Å². The highest BCUT2D eigenvalue weighted by Gasteiger charge is 2.23. The van der Waals surface area contributed by atoms with E-state index in [2.05, 4.69) is 67.8 Å². The van der Waals surface area contributed by atoms with E-state index in [4.69, 9.17) is 9.05 Å². The number of phosphoric ester groups is 1. The number of aliphatic hydroxyl groups excluding tert-OH is 1. The Labute approximate surface area is 294 Å². The van der Waals surface area contributed by atoms with Crippen molar-refractivity contribution in [1.82, 2.24) is 5.32 Å². The molecule has 0 aromatic carbocycles. The van der Waals surface area contributed by atoms with E-state index in [9.17, 15) is 19.4 Å². The molecule has 0 aliphatic heterocycles. The summed E-state index contributed by atoms with van der Waals surface area (Å²) >= 11 is 0. The summed E-state index contributed by atoms with van der Waals surface area (Å²) in [6.45, 7) is 4.42. The number of rotatable bonds is 32. The van der Waals surface area contributed by atoms with Gasteiger partial charge in [-0.2, -0.15) is 0 Å². The number of carbonyl (C=O) groups excluding carboxylic acids is 1. The lowest BCUT2D eigenvalue weighted by Crippen LogP contribution is -2.45. The van der Waals surface area contributed by atoms with Crippen molar-refractivity contribution < 1.29 is 32.9 Å². The van der Waals surface area contributed by atoms with E-state index in [1.54, 1.807) is 6.08 Å². The second kappa shape index (κ2) is 31.2. The van der Waals surface area contributed by atoms with Crippen LogP contribution in [0.25, 0.3) is 0 Å². The summed E-state index contributed by atoms with van der Waals surface area (Å²) in [6, 6.07) is -0.892. The first-order chi connectivity index (χ1) is 23.0. The van der Waals surface area contributed by atoms with Crippen molar-refractivity contribution in [1.29, 1.82) is 0 Å². The van der Waals surface area contributed by atoms with Gasteiger partial charge < -0.3 is 28.8 Å². The van der Waals surface area contributed by atoms with Crippen molar-refractivity contribution >= 4 is 13.7 Å². The molecule has 0 aromatic rings. The molecule has 0 saturated heterocycles. The second-order valence-corrected chi connectivity index (χ2v) is 15.0. The molecule has 0 heterocycles. The quantitative estimate of drug-likeness (QED) is 0.0315. The fraction of sp³-hybridized carbons (Fsp3) is 0.718. The number of hydrogen-bond donors (Lipinski definition) is 2. The Morgan fingerprint density at radius 2 is 1.27 bits per heavy atom. The van der Waals surface area contributed by atoms with E-state index in [1.807, 2.05) is 27.2 Å². The van der Waals surface area contributed by atoms with E-state index >= 15 is 0 Å². The molecule has 0 saturated carbocycles. The molecule has 0 aromatic heterocycles. The van der Waals surface area contributed by atoms with Gasteiger partial charge in [0.05, 0.1) is 39.9 Å². The highest BCUT2D eigenvalue weighted by atomic mass is 31.2. The molecule has 3 atom stereocenters. The minimum absolute atomic E-state index is 0.00771. The summed E-state index contributed by atoms with van der Waals surface area (Å²) in [7, 11) is 1.23. The van der Waals surface area contributed by atoms with Gasteiger partial charge in [0.2, 0.25) is 5.91 Å². The van der Waals surface area contributed by atoms with E-state index in [-0.39, 0.29) is 12.5 Å². The van der Waals surface area contributed by atoms with Crippen LogP contribution in [0.2, 0.25) is 0 Å². The number of allylic oxidation sites excluding steroid dienone is 9. The zero-order valence-electron chi connectivity index (χ0n) is 31.2. The standard InChI is InChI=1S/C39H71N2O6P/c1-6-8-10-12-14-15-16-17-18-19-20-21-22-23-24-25-27-29-31-33-39(43)40-37(38(42)32-30-28-26-13-11-9-7-2)36-47-48(44,45)46-35-34-41(3,4)5/h8,10,14-15,17-18,20-21,30,32,37-38,42H,6-7,9,11-13,16,19,22-29,31,33-36H2,1-5H3,(H-,40,43,44,45)/b10-8-,15-14-,18-17-,21-20-,32-30+. The Balaban J connectivity index is 4.41. The van der Waals surface area contributed by atoms with Crippen molar-refractivity contribution in [3.05, 3.63) is 60.8 Å². The first kappa shape index (κ1) is 46.2. The van der Waals surface area contributed by atoms with Crippen LogP contribution in [0.15, 0.2) is 60.8 Å². The van der Waals surface area contributed by atoms with Gasteiger partial charge >= 0.3 is 0 Å². The zero-order valence-corrected chi connectivity index (χ0v) is 32.1. The van der Waals surface area contributed by atoms with Crippen molar-refractivity contribution in [3.8, 4) is 0 Å². The number of nitrogens with zero attached hydrogens (tertiary/aromatic N) is 1. The number of carbonyl (C=O) groups is 1. The van der Waals surface area contributed by atoms with Crippen molar-refractivity contribution in [2.45, 2.75) is 142 Å². The third-order valence-electron chi connectivity index (χ3n) is 7.73. The van der Waals surface area contributed by atoms with Crippen LogP contribution < -0.4 is 10.2 Å². The van der Waals surface area contributed by atoms with Crippen LogP contribution in [-0.2, 0) is 18.4 Å². The van der Waals surface area contributed by atoms with Gasteiger partial charge in [-0.25, -0.2) is 0 Å². The molecular weight excluding hydrogens is 623 g/mol. The normalized spacial score (nSPS) is 15.4. The highest BCUT2D eigenvalue weighted by Crippen LogP contribution is 2.38. The molecular formula is C39H71N2O6P. The minimum Gasteiger partial charge on any atom is -0.756 e. The van der Waals surface area contributed by atoms with Gasteiger partial charge in [-0.1, -0.05) is 126 Å². The number of hydrogen-bond acceptors (Lipinski definition) is 6. The predicted octanol–water partition coefficient (Wildman–Crippen LogP) is 8.88. The van der Waals surface area contributed by atoms with Crippen LogP contribution in [0.3, 0.4) is 0 Å². The molecule has 0 bridgehead atoms. The maximum atomic E-state index is 12.7. The van der Waals surface area contributed by atoms with Crippen molar-refractivity contribution in [2.24, 2.45) is 0 Å². The van der Waals surface area contributed by atoms with Crippen molar-refractivity contribution in [3.63, 3.8) is 0 Å². The third kappa shape index (κ3) is 32.7. The number of phosphoric acid groups is 1. The summed E-state index contributed by atoms with van der Waals surface area (Å²) in [4.78, 5) is 25.1. The topological polar surface area (TPSA) is 108 Å². The second-order valence-electron chi connectivity index (χ2n) is 13.5. The van der Waals surface area contributed by atoms with Crippen molar-refractivity contribution in [2.75, 3.05) is 40.9 Å². The lowest BCUT2D eigenvalue weighted by Gasteiger charge is -2.29. The molecule has 0 spiro atoms. The van der Waals surface area contributed by atoms with Gasteiger partial charge in [0.1, 0.15) is 13.2 Å². The number of amides is 1. The SMILES string of the molecule is CC/C=C\C/C=C\C/C=C\C/C=C\CCCCCCCCC(=O)NC(COP(=O)([O-])OCC[N+](C)(C)C)C(O)/C=C/CCCCCCC. The molecule has 3 unspecified atom stereocenters. The Morgan fingerprint density at radius 1 is 0.750 bits per heavy atom. The van der Waals surface area contributed by atoms with Gasteiger partial charge in [0, 0.05) is 6.42 Å². The van der Waals surface area contributed by atoms with Gasteiger partial charge in [-0.3, -0.25) is 9.36 Å². The lowest BCUT2D eigenvalue weighted by atomic mass is 10.1. The number of aliphatic hydroxyl groups is 1. The van der Waals surface area contributed by atoms with Crippen LogP contribution in [0, 0.1) is 0 Å². The molecule has 48 heavy (non-hydrogen) atoms. The Hall–Kier alpha value is -1.80. The van der Waals surface area contributed by atoms with Crippen LogP contribution in [0.4, 0.5) is 0 Å². The van der Waals surface area contributed by atoms with E-state index in [0.717, 1.165) is 77.0 Å². The fourth-order valence-corrected chi connectivity index (χ4v) is 5.45.